The van der Waals surface area contributed by atoms with Gasteiger partial charge in [0.1, 0.15) is 18.1 Å². The van der Waals surface area contributed by atoms with Crippen LogP contribution in [0, 0.1) is 0 Å². The summed E-state index contributed by atoms with van der Waals surface area (Å²) in [7, 11) is 0. The summed E-state index contributed by atoms with van der Waals surface area (Å²) in [6.45, 7) is 1.74. The lowest BCUT2D eigenvalue weighted by atomic mass is 10.0. The highest BCUT2D eigenvalue weighted by molar-refractivity contribution is 5.95. The first-order valence-electron chi connectivity index (χ1n) is 11.3. The van der Waals surface area contributed by atoms with Crippen LogP contribution in [0.5, 0.6) is 0 Å². The van der Waals surface area contributed by atoms with E-state index in [2.05, 4.69) is 15.6 Å². The van der Waals surface area contributed by atoms with Crippen molar-refractivity contribution in [3.05, 3.63) is 36.0 Å². The van der Waals surface area contributed by atoms with E-state index in [0.717, 1.165) is 16.5 Å². The fraction of sp³-hybridized carbons (Fsp3) is 0.435. The summed E-state index contributed by atoms with van der Waals surface area (Å²) in [4.78, 5) is 65.5. The van der Waals surface area contributed by atoms with Crippen molar-refractivity contribution in [1.82, 2.24) is 20.5 Å². The van der Waals surface area contributed by atoms with E-state index in [9.17, 15) is 29.1 Å². The molecule has 12 nitrogen and oxygen atoms in total. The fourth-order valence-corrected chi connectivity index (χ4v) is 4.23. The summed E-state index contributed by atoms with van der Waals surface area (Å²) in [6.07, 6.45) is 2.30. The maximum atomic E-state index is 13.2. The fourth-order valence-electron chi connectivity index (χ4n) is 4.23. The number of aliphatic carboxylic acids is 1. The number of amides is 4. The van der Waals surface area contributed by atoms with Gasteiger partial charge < -0.3 is 37.1 Å². The molecule has 8 N–H and O–H groups in total. The number of rotatable bonds is 10. The van der Waals surface area contributed by atoms with Gasteiger partial charge in [-0.05, 0) is 31.4 Å². The minimum atomic E-state index is -1.24. The number of para-hydroxylation sites is 1. The second kappa shape index (κ2) is 11.0. The first-order chi connectivity index (χ1) is 16.6. The van der Waals surface area contributed by atoms with Crippen LogP contribution in [0.4, 0.5) is 0 Å². The zero-order valence-corrected chi connectivity index (χ0v) is 19.3. The molecule has 1 saturated heterocycles. The zero-order chi connectivity index (χ0) is 25.7. The number of fused-ring (bicyclic) bond motifs is 1. The highest BCUT2D eigenvalue weighted by Crippen LogP contribution is 2.20. The Labute approximate surface area is 201 Å². The number of nitrogens with zero attached hydrogens (tertiary/aromatic N) is 1. The molecule has 2 aromatic rings. The maximum Gasteiger partial charge on any atom is 0.326 e. The molecular formula is C23H30N6O6. The van der Waals surface area contributed by atoms with E-state index in [1.165, 1.54) is 11.8 Å². The number of carboxylic acid groups (broad SMARTS) is 1. The van der Waals surface area contributed by atoms with E-state index in [0.29, 0.717) is 12.8 Å². The quantitative estimate of drug-likeness (QED) is 0.247. The summed E-state index contributed by atoms with van der Waals surface area (Å²) >= 11 is 0. The molecule has 3 rings (SSSR count). The molecule has 0 saturated carbocycles. The number of likely N-dealkylation sites (tertiary alicyclic amines) is 1. The van der Waals surface area contributed by atoms with Crippen LogP contribution >= 0.6 is 0 Å². The molecule has 4 atom stereocenters. The Balaban J connectivity index is 1.77. The van der Waals surface area contributed by atoms with Crippen molar-refractivity contribution in [1.29, 1.82) is 0 Å². The Hall–Kier alpha value is -3.93. The second-order valence-electron chi connectivity index (χ2n) is 8.66. The summed E-state index contributed by atoms with van der Waals surface area (Å²) < 4.78 is 0. The number of benzene rings is 1. The molecule has 188 valence electrons. The topological polar surface area (TPSA) is 201 Å². The Morgan fingerprint density at radius 3 is 2.57 bits per heavy atom. The van der Waals surface area contributed by atoms with Crippen LogP contribution in [-0.4, -0.2) is 75.3 Å². The van der Waals surface area contributed by atoms with Crippen LogP contribution in [0.2, 0.25) is 0 Å². The maximum absolute atomic E-state index is 13.2. The van der Waals surface area contributed by atoms with E-state index in [1.807, 2.05) is 24.3 Å². The molecule has 0 spiro atoms. The average Bonchev–Trinajstić information content (AvgIpc) is 3.45. The Morgan fingerprint density at radius 1 is 1.17 bits per heavy atom. The van der Waals surface area contributed by atoms with E-state index in [-0.39, 0.29) is 13.0 Å². The Morgan fingerprint density at radius 2 is 1.89 bits per heavy atom. The number of nitrogens with two attached hydrogens (primary N) is 2. The van der Waals surface area contributed by atoms with Crippen molar-refractivity contribution in [3.63, 3.8) is 0 Å². The molecular weight excluding hydrogens is 456 g/mol. The first-order valence-corrected chi connectivity index (χ1v) is 11.3. The third-order valence-electron chi connectivity index (χ3n) is 6.04. The summed E-state index contributed by atoms with van der Waals surface area (Å²) in [5.74, 6) is -3.77. The van der Waals surface area contributed by atoms with Gasteiger partial charge in [0.15, 0.2) is 0 Å². The van der Waals surface area contributed by atoms with Crippen molar-refractivity contribution >= 4 is 40.5 Å². The third kappa shape index (κ3) is 6.15. The van der Waals surface area contributed by atoms with Gasteiger partial charge in [-0.25, -0.2) is 4.79 Å². The average molecular weight is 487 g/mol. The van der Waals surface area contributed by atoms with Crippen molar-refractivity contribution in [2.45, 2.75) is 56.8 Å². The van der Waals surface area contributed by atoms with Gasteiger partial charge in [-0.2, -0.15) is 0 Å². The lowest BCUT2D eigenvalue weighted by molar-refractivity contribution is -0.149. The molecule has 4 amide bonds. The van der Waals surface area contributed by atoms with Gasteiger partial charge in [0.05, 0.1) is 12.5 Å². The Bertz CT molecular complexity index is 1130. The first kappa shape index (κ1) is 25.7. The number of aromatic amines is 1. The van der Waals surface area contributed by atoms with Crippen LogP contribution in [0.15, 0.2) is 30.5 Å². The van der Waals surface area contributed by atoms with Gasteiger partial charge in [-0.1, -0.05) is 18.2 Å². The molecule has 0 aliphatic carbocycles. The minimum Gasteiger partial charge on any atom is -0.480 e. The van der Waals surface area contributed by atoms with Crippen LogP contribution in [0.1, 0.15) is 31.7 Å². The molecule has 35 heavy (non-hydrogen) atoms. The molecule has 1 aliphatic heterocycles. The standard InChI is InChI=1S/C23H30N6O6/c1-12(22(33)29-8-4-7-18(29)23(34)35)27-21(32)17(28-20(31)15(24)10-19(25)30)9-13-11-26-16-6-3-2-5-14(13)16/h2-3,5-6,11-12,15,17-18,26H,4,7-10,24H2,1H3,(H2,25,30)(H,27,32)(H,28,31)(H,34,35). The van der Waals surface area contributed by atoms with E-state index in [1.54, 1.807) is 6.20 Å². The van der Waals surface area contributed by atoms with Gasteiger partial charge in [-0.3, -0.25) is 19.2 Å². The normalized spacial score (nSPS) is 18.0. The highest BCUT2D eigenvalue weighted by atomic mass is 16.4. The monoisotopic (exact) mass is 486 g/mol. The summed E-state index contributed by atoms with van der Waals surface area (Å²) in [6, 6.07) is 3.10. The number of carbonyl (C=O) groups excluding carboxylic acids is 4. The number of aromatic nitrogens is 1. The number of nitrogens with one attached hydrogen (secondary N) is 3. The van der Waals surface area contributed by atoms with Gasteiger partial charge in [0.2, 0.25) is 23.6 Å². The molecule has 2 heterocycles. The SMILES string of the molecule is CC(NC(=O)C(Cc1c[nH]c2ccccc12)NC(=O)C(N)CC(N)=O)C(=O)N1CCCC1C(=O)O. The number of H-pyrrole nitrogens is 1. The molecule has 4 unspecified atom stereocenters. The number of carboxylic acids is 1. The summed E-state index contributed by atoms with van der Waals surface area (Å²) in [5, 5.41) is 15.3. The largest absolute Gasteiger partial charge is 0.480 e. The number of primary amides is 1. The van der Waals surface area contributed by atoms with Gasteiger partial charge in [0, 0.05) is 30.1 Å². The van der Waals surface area contributed by atoms with Crippen LogP contribution in [0.3, 0.4) is 0 Å². The molecule has 1 aliphatic rings. The second-order valence-corrected chi connectivity index (χ2v) is 8.66. The van der Waals surface area contributed by atoms with Crippen LogP contribution < -0.4 is 22.1 Å². The third-order valence-corrected chi connectivity index (χ3v) is 6.04. The number of hydrogen-bond donors (Lipinski definition) is 6. The van der Waals surface area contributed by atoms with Gasteiger partial charge >= 0.3 is 5.97 Å². The lowest BCUT2D eigenvalue weighted by Gasteiger charge is -2.27. The summed E-state index contributed by atoms with van der Waals surface area (Å²) in [5.41, 5.74) is 12.4. The zero-order valence-electron chi connectivity index (χ0n) is 19.3. The van der Waals surface area contributed by atoms with Crippen LogP contribution in [-0.2, 0) is 30.4 Å². The van der Waals surface area contributed by atoms with Crippen LogP contribution in [0.25, 0.3) is 10.9 Å². The smallest absolute Gasteiger partial charge is 0.326 e. The van der Waals surface area contributed by atoms with Crippen molar-refractivity contribution in [2.24, 2.45) is 11.5 Å². The molecule has 1 aromatic heterocycles. The van der Waals surface area contributed by atoms with Gasteiger partial charge in [0.25, 0.3) is 0 Å². The number of carbonyl (C=O) groups is 5. The minimum absolute atomic E-state index is 0.0766. The lowest BCUT2D eigenvalue weighted by Crippen LogP contribution is -2.57. The van der Waals surface area contributed by atoms with E-state index < -0.39 is 60.2 Å². The highest BCUT2D eigenvalue weighted by Gasteiger charge is 2.37. The molecule has 0 bridgehead atoms. The molecule has 12 heteroatoms. The molecule has 1 fully saturated rings. The van der Waals surface area contributed by atoms with E-state index >= 15 is 0 Å². The molecule has 1 aromatic carbocycles. The van der Waals surface area contributed by atoms with E-state index in [4.69, 9.17) is 11.5 Å². The van der Waals surface area contributed by atoms with Crippen molar-refractivity contribution < 1.29 is 29.1 Å². The number of hydrogen-bond acceptors (Lipinski definition) is 6. The predicted molar refractivity (Wildman–Crippen MR) is 126 cm³/mol. The Kier molecular flexibility index (Phi) is 8.07. The molecule has 0 radical (unpaired) electrons. The van der Waals surface area contributed by atoms with Gasteiger partial charge in [-0.15, -0.1) is 0 Å². The van der Waals surface area contributed by atoms with Crippen molar-refractivity contribution in [2.75, 3.05) is 6.54 Å². The predicted octanol–water partition coefficient (Wildman–Crippen LogP) is -1.02. The van der Waals surface area contributed by atoms with Crippen molar-refractivity contribution in [3.8, 4) is 0 Å².